The van der Waals surface area contributed by atoms with Crippen LogP contribution in [0.5, 0.6) is 0 Å². The first-order valence-electron chi connectivity index (χ1n) is 11.0. The van der Waals surface area contributed by atoms with Crippen LogP contribution in [0.3, 0.4) is 0 Å². The lowest BCUT2D eigenvalue weighted by Crippen LogP contribution is -2.41. The lowest BCUT2D eigenvalue weighted by Gasteiger charge is -2.27. The Bertz CT molecular complexity index is 1500. The van der Waals surface area contributed by atoms with Crippen LogP contribution >= 0.6 is 11.6 Å². The van der Waals surface area contributed by atoms with Gasteiger partial charge in [0, 0.05) is 40.4 Å². The molecule has 3 aromatic heterocycles. The zero-order valence-corrected chi connectivity index (χ0v) is 19.1. The van der Waals surface area contributed by atoms with E-state index in [4.69, 9.17) is 11.6 Å². The Morgan fingerprint density at radius 2 is 2.03 bits per heavy atom. The topological polar surface area (TPSA) is 106 Å². The number of carbonyl (C=O) groups is 1. The molecule has 5 aromatic rings. The number of nitrogens with zero attached hydrogens (tertiary/aromatic N) is 6. The number of fused-ring (bicyclic) bond motifs is 3. The van der Waals surface area contributed by atoms with Crippen molar-refractivity contribution in [1.82, 2.24) is 39.8 Å². The van der Waals surface area contributed by atoms with Gasteiger partial charge in [-0.2, -0.15) is 5.10 Å². The number of rotatable bonds is 4. The van der Waals surface area contributed by atoms with E-state index in [9.17, 15) is 4.79 Å². The summed E-state index contributed by atoms with van der Waals surface area (Å²) in [5.41, 5.74) is 5.85. The highest BCUT2D eigenvalue weighted by Crippen LogP contribution is 2.37. The van der Waals surface area contributed by atoms with E-state index in [1.807, 2.05) is 6.07 Å². The maximum Gasteiger partial charge on any atom is 0.253 e. The minimum absolute atomic E-state index is 0.0203. The molecule has 34 heavy (non-hydrogen) atoms. The molecule has 10 heteroatoms. The fraction of sp³-hybridized carbons (Fsp3) is 0.208. The lowest BCUT2D eigenvalue weighted by atomic mass is 10.0. The highest BCUT2D eigenvalue weighted by atomic mass is 35.5. The predicted octanol–water partition coefficient (Wildman–Crippen LogP) is 3.71. The van der Waals surface area contributed by atoms with Crippen LogP contribution in [0.25, 0.3) is 28.0 Å². The van der Waals surface area contributed by atoms with Gasteiger partial charge < -0.3 is 9.88 Å². The van der Waals surface area contributed by atoms with Crippen LogP contribution in [0.1, 0.15) is 28.0 Å². The highest BCUT2D eigenvalue weighted by molar-refractivity contribution is 6.34. The molecule has 0 saturated carbocycles. The van der Waals surface area contributed by atoms with E-state index in [1.165, 1.54) is 17.6 Å². The number of aryl methyl sites for hydroxylation is 1. The summed E-state index contributed by atoms with van der Waals surface area (Å²) in [6.45, 7) is 2.76. The lowest BCUT2D eigenvalue weighted by molar-refractivity contribution is 0.0928. The van der Waals surface area contributed by atoms with Gasteiger partial charge in [-0.3, -0.25) is 14.5 Å². The highest BCUT2D eigenvalue weighted by Gasteiger charge is 2.28. The number of H-pyrrole nitrogens is 1. The van der Waals surface area contributed by atoms with Crippen molar-refractivity contribution in [1.29, 1.82) is 0 Å². The van der Waals surface area contributed by atoms with Gasteiger partial charge in [-0.25, -0.2) is 4.98 Å². The molecule has 1 unspecified atom stereocenters. The first-order chi connectivity index (χ1) is 16.6. The number of carbonyl (C=O) groups excluding carboxylic acids is 1. The SMILES string of the molecule is Cc1ccc2c(c1)c(-c1ncn[nH]1)c1n2CC(NC(=O)c2ccc(-n3cnnc3)cc2Cl)CC1. The summed E-state index contributed by atoms with van der Waals surface area (Å²) < 4.78 is 4.03. The molecule has 0 bridgehead atoms. The van der Waals surface area contributed by atoms with Crippen molar-refractivity contribution in [3.63, 3.8) is 0 Å². The Kier molecular flexibility index (Phi) is 4.91. The number of aromatic amines is 1. The second kappa shape index (κ2) is 8.11. The van der Waals surface area contributed by atoms with Gasteiger partial charge in [0.05, 0.1) is 10.6 Å². The van der Waals surface area contributed by atoms with E-state index in [0.29, 0.717) is 17.1 Å². The molecule has 4 heterocycles. The molecule has 2 aromatic carbocycles. The number of benzene rings is 2. The molecule has 1 aliphatic heterocycles. The van der Waals surface area contributed by atoms with Gasteiger partial charge in [-0.15, -0.1) is 10.2 Å². The molecule has 1 atom stereocenters. The third-order valence-corrected chi connectivity index (χ3v) is 6.67. The van der Waals surface area contributed by atoms with Crippen molar-refractivity contribution < 1.29 is 4.79 Å². The summed E-state index contributed by atoms with van der Waals surface area (Å²) in [5.74, 6) is 0.586. The van der Waals surface area contributed by atoms with Crippen molar-refractivity contribution >= 4 is 28.4 Å². The van der Waals surface area contributed by atoms with Gasteiger partial charge in [0.25, 0.3) is 5.91 Å². The number of aromatic nitrogens is 7. The Balaban J connectivity index is 1.28. The summed E-state index contributed by atoms with van der Waals surface area (Å²) in [4.78, 5) is 17.5. The minimum Gasteiger partial charge on any atom is -0.347 e. The molecular weight excluding hydrogens is 452 g/mol. The van der Waals surface area contributed by atoms with E-state index in [2.05, 4.69) is 60.4 Å². The number of nitrogens with one attached hydrogen (secondary N) is 2. The van der Waals surface area contributed by atoms with Crippen molar-refractivity contribution in [3.8, 4) is 17.1 Å². The average molecular weight is 473 g/mol. The summed E-state index contributed by atoms with van der Waals surface area (Å²) in [6.07, 6.45) is 6.33. The van der Waals surface area contributed by atoms with Gasteiger partial charge in [0.1, 0.15) is 19.0 Å². The second-order valence-corrected chi connectivity index (χ2v) is 8.94. The molecule has 0 fully saturated rings. The van der Waals surface area contributed by atoms with Crippen LogP contribution in [-0.4, -0.2) is 46.5 Å². The Labute approximate surface area is 199 Å². The van der Waals surface area contributed by atoms with E-state index in [-0.39, 0.29) is 11.9 Å². The molecule has 6 rings (SSSR count). The van der Waals surface area contributed by atoms with E-state index >= 15 is 0 Å². The summed E-state index contributed by atoms with van der Waals surface area (Å²) >= 11 is 6.46. The molecule has 0 aliphatic carbocycles. The third-order valence-electron chi connectivity index (χ3n) is 6.36. The predicted molar refractivity (Wildman–Crippen MR) is 128 cm³/mol. The molecule has 0 saturated heterocycles. The molecule has 9 nitrogen and oxygen atoms in total. The minimum atomic E-state index is -0.184. The van der Waals surface area contributed by atoms with Gasteiger partial charge >= 0.3 is 0 Å². The summed E-state index contributed by atoms with van der Waals surface area (Å²) in [7, 11) is 0. The molecule has 0 spiro atoms. The number of hydrogen-bond donors (Lipinski definition) is 2. The van der Waals surface area contributed by atoms with Crippen LogP contribution in [-0.2, 0) is 13.0 Å². The average Bonchev–Trinajstić information content (AvgIpc) is 3.59. The first kappa shape index (κ1) is 20.6. The van der Waals surface area contributed by atoms with Crippen LogP contribution in [0, 0.1) is 6.92 Å². The van der Waals surface area contributed by atoms with Crippen molar-refractivity contribution in [2.45, 2.75) is 32.4 Å². The molecule has 1 amide bonds. The maximum atomic E-state index is 13.1. The zero-order valence-electron chi connectivity index (χ0n) is 18.4. The Morgan fingerprint density at radius 3 is 2.79 bits per heavy atom. The van der Waals surface area contributed by atoms with E-state index in [0.717, 1.165) is 40.8 Å². The monoisotopic (exact) mass is 472 g/mol. The molecular formula is C24H21ClN8O. The standard InChI is InChI=1S/C24H21ClN8O/c1-14-2-6-20-18(8-14)22(23-26-11-27-31-23)21-7-3-15(10-33(20)21)30-24(34)17-5-4-16(9-19(17)25)32-12-28-29-13-32/h2,4-6,8-9,11-13,15H,3,7,10H2,1H3,(H,30,34)(H,26,27,31). The quantitative estimate of drug-likeness (QED) is 0.414. The Hall–Kier alpha value is -3.98. The van der Waals surface area contributed by atoms with Crippen LogP contribution < -0.4 is 5.32 Å². The van der Waals surface area contributed by atoms with Gasteiger partial charge in [0.15, 0.2) is 5.82 Å². The van der Waals surface area contributed by atoms with Crippen LogP contribution in [0.4, 0.5) is 0 Å². The number of halogens is 1. The number of hydrogen-bond acceptors (Lipinski definition) is 5. The largest absolute Gasteiger partial charge is 0.347 e. The zero-order chi connectivity index (χ0) is 23.2. The van der Waals surface area contributed by atoms with Gasteiger partial charge in [-0.05, 0) is 50.1 Å². The van der Waals surface area contributed by atoms with Crippen molar-refractivity contribution in [2.24, 2.45) is 0 Å². The third kappa shape index (κ3) is 3.45. The molecule has 170 valence electrons. The van der Waals surface area contributed by atoms with E-state index in [1.54, 1.807) is 29.4 Å². The first-order valence-corrected chi connectivity index (χ1v) is 11.4. The Morgan fingerprint density at radius 1 is 1.18 bits per heavy atom. The maximum absolute atomic E-state index is 13.1. The fourth-order valence-corrected chi connectivity index (χ4v) is 5.03. The fourth-order valence-electron chi connectivity index (χ4n) is 4.77. The van der Waals surface area contributed by atoms with Crippen molar-refractivity contribution in [3.05, 3.63) is 77.2 Å². The normalized spacial score (nSPS) is 15.4. The summed E-state index contributed by atoms with van der Waals surface area (Å²) in [5, 5.41) is 19.4. The van der Waals surface area contributed by atoms with Crippen LogP contribution in [0.2, 0.25) is 5.02 Å². The number of amides is 1. The van der Waals surface area contributed by atoms with Crippen LogP contribution in [0.15, 0.2) is 55.4 Å². The molecule has 1 aliphatic rings. The smallest absolute Gasteiger partial charge is 0.253 e. The summed E-state index contributed by atoms with van der Waals surface area (Å²) in [6, 6.07) is 11.7. The second-order valence-electron chi connectivity index (χ2n) is 8.53. The van der Waals surface area contributed by atoms with Crippen molar-refractivity contribution in [2.75, 3.05) is 0 Å². The van der Waals surface area contributed by atoms with Gasteiger partial charge in [0.2, 0.25) is 0 Å². The van der Waals surface area contributed by atoms with E-state index < -0.39 is 0 Å². The van der Waals surface area contributed by atoms with Gasteiger partial charge in [-0.1, -0.05) is 23.2 Å². The molecule has 2 N–H and O–H groups in total. The molecule has 0 radical (unpaired) electrons.